The minimum Gasteiger partial charge on any atom is -0.454 e. The van der Waals surface area contributed by atoms with E-state index >= 15 is 0 Å². The molecule has 8 nitrogen and oxygen atoms in total. The molecule has 2 saturated heterocycles. The third-order valence-corrected chi connectivity index (χ3v) is 6.41. The highest BCUT2D eigenvalue weighted by molar-refractivity contribution is 6.14. The average molecular weight is 437 g/mol. The normalized spacial score (nSPS) is 21.6. The fraction of sp³-hybridized carbons (Fsp3) is 0.417. The van der Waals surface area contributed by atoms with Crippen LogP contribution in [0.25, 0.3) is 0 Å². The number of aryl methyl sites for hydroxylation is 1. The van der Waals surface area contributed by atoms with Crippen molar-refractivity contribution in [3.05, 3.63) is 53.6 Å². The Morgan fingerprint density at radius 3 is 2.34 bits per heavy atom. The molecule has 0 N–H and O–H groups in total. The summed E-state index contributed by atoms with van der Waals surface area (Å²) in [6, 6.07) is 13.1. The Labute approximate surface area is 187 Å². The number of nitrogens with zero attached hydrogens (tertiary/aromatic N) is 4. The lowest BCUT2D eigenvalue weighted by molar-refractivity contribution is -0.128. The van der Waals surface area contributed by atoms with Crippen molar-refractivity contribution in [2.45, 2.75) is 26.4 Å². The second kappa shape index (κ2) is 8.44. The summed E-state index contributed by atoms with van der Waals surface area (Å²) in [6.45, 7) is 8.62. The highest BCUT2D eigenvalue weighted by Gasteiger charge is 2.44. The molecule has 32 heavy (non-hydrogen) atoms. The number of carbonyl (C=O) groups excluding carboxylic acids is 2. The van der Waals surface area contributed by atoms with Gasteiger partial charge >= 0.3 is 6.03 Å². The predicted molar refractivity (Wildman–Crippen MR) is 120 cm³/mol. The number of hydrogen-bond donors (Lipinski definition) is 0. The zero-order valence-corrected chi connectivity index (χ0v) is 18.5. The summed E-state index contributed by atoms with van der Waals surface area (Å²) in [4.78, 5) is 33.4. The predicted octanol–water partition coefficient (Wildman–Crippen LogP) is 2.66. The van der Waals surface area contributed by atoms with Gasteiger partial charge in [0.25, 0.3) is 5.91 Å². The first-order valence-electron chi connectivity index (χ1n) is 11.0. The van der Waals surface area contributed by atoms with E-state index in [1.54, 1.807) is 11.8 Å². The van der Waals surface area contributed by atoms with Crippen molar-refractivity contribution in [3.63, 3.8) is 0 Å². The summed E-state index contributed by atoms with van der Waals surface area (Å²) in [6.07, 6.45) is 0. The van der Waals surface area contributed by atoms with Gasteiger partial charge in [-0.2, -0.15) is 0 Å². The van der Waals surface area contributed by atoms with Gasteiger partial charge < -0.3 is 9.47 Å². The van der Waals surface area contributed by atoms with Gasteiger partial charge in [-0.3, -0.25) is 19.5 Å². The maximum absolute atomic E-state index is 13.1. The van der Waals surface area contributed by atoms with Gasteiger partial charge in [0, 0.05) is 38.4 Å². The van der Waals surface area contributed by atoms with Crippen LogP contribution < -0.4 is 14.4 Å². The van der Waals surface area contributed by atoms with Gasteiger partial charge in [0.1, 0.15) is 6.04 Å². The molecule has 5 rings (SSSR count). The van der Waals surface area contributed by atoms with Crippen molar-refractivity contribution in [2.24, 2.45) is 0 Å². The summed E-state index contributed by atoms with van der Waals surface area (Å²) in [5.41, 5.74) is 3.07. The maximum atomic E-state index is 13.1. The Morgan fingerprint density at radius 1 is 0.906 bits per heavy atom. The third kappa shape index (κ3) is 3.91. The van der Waals surface area contributed by atoms with Gasteiger partial charge in [0.2, 0.25) is 6.79 Å². The minimum absolute atomic E-state index is 0.140. The first kappa shape index (κ1) is 20.8. The molecule has 3 heterocycles. The zero-order valence-electron chi connectivity index (χ0n) is 18.5. The lowest BCUT2D eigenvalue weighted by atomic mass is 10.1. The fourth-order valence-corrected chi connectivity index (χ4v) is 4.48. The summed E-state index contributed by atoms with van der Waals surface area (Å²) in [7, 11) is 0. The molecule has 2 aromatic carbocycles. The number of imide groups is 1. The van der Waals surface area contributed by atoms with Gasteiger partial charge in [0.15, 0.2) is 11.5 Å². The van der Waals surface area contributed by atoms with Crippen molar-refractivity contribution in [3.8, 4) is 11.5 Å². The molecule has 2 fully saturated rings. The standard InChI is InChI=1S/C24H28N4O4/c1-17-3-6-20(7-4-17)28-18(2)23(29)27(24(28)30)15-26-11-9-25(10-12-26)14-19-5-8-21-22(13-19)32-16-31-21/h3-8,13,18H,9-12,14-16H2,1-2H3/t18-/m1/s1. The van der Waals surface area contributed by atoms with E-state index in [-0.39, 0.29) is 18.7 Å². The SMILES string of the molecule is Cc1ccc(N2C(=O)N(CN3CCN(Cc4ccc5c(c4)OCO5)CC3)C(=O)[C@H]2C)cc1. The molecular formula is C24H28N4O4. The fourth-order valence-electron chi connectivity index (χ4n) is 4.48. The zero-order chi connectivity index (χ0) is 22.2. The Bertz CT molecular complexity index is 1020. The van der Waals surface area contributed by atoms with Crippen LogP contribution >= 0.6 is 0 Å². The number of piperazine rings is 1. The van der Waals surface area contributed by atoms with E-state index in [0.717, 1.165) is 55.5 Å². The van der Waals surface area contributed by atoms with Gasteiger partial charge in [0.05, 0.1) is 6.67 Å². The van der Waals surface area contributed by atoms with Crippen LogP contribution in [0.1, 0.15) is 18.1 Å². The molecule has 0 radical (unpaired) electrons. The summed E-state index contributed by atoms with van der Waals surface area (Å²) in [5, 5.41) is 0. The van der Waals surface area contributed by atoms with Gasteiger partial charge in [-0.1, -0.05) is 23.8 Å². The monoisotopic (exact) mass is 436 g/mol. The molecule has 8 heteroatoms. The largest absolute Gasteiger partial charge is 0.454 e. The molecular weight excluding hydrogens is 408 g/mol. The van der Waals surface area contributed by atoms with E-state index < -0.39 is 6.04 Å². The lowest BCUT2D eigenvalue weighted by Crippen LogP contribution is -2.51. The van der Waals surface area contributed by atoms with Gasteiger partial charge in [-0.25, -0.2) is 9.69 Å². The number of anilines is 1. The smallest absolute Gasteiger partial charge is 0.333 e. The van der Waals surface area contributed by atoms with Crippen LogP contribution in [0, 0.1) is 6.92 Å². The quantitative estimate of drug-likeness (QED) is 0.672. The maximum Gasteiger partial charge on any atom is 0.333 e. The van der Waals surface area contributed by atoms with Crippen molar-refractivity contribution in [1.29, 1.82) is 0 Å². The van der Waals surface area contributed by atoms with Crippen LogP contribution in [0.5, 0.6) is 11.5 Å². The Balaban J connectivity index is 1.17. The Hall–Kier alpha value is -3.10. The highest BCUT2D eigenvalue weighted by atomic mass is 16.7. The number of benzene rings is 2. The van der Waals surface area contributed by atoms with Crippen LogP contribution in [-0.2, 0) is 11.3 Å². The molecule has 1 atom stereocenters. The van der Waals surface area contributed by atoms with Crippen LogP contribution in [0.15, 0.2) is 42.5 Å². The number of rotatable bonds is 5. The molecule has 0 bridgehead atoms. The number of amides is 3. The number of ether oxygens (including phenoxy) is 2. The number of urea groups is 1. The number of fused-ring (bicyclic) bond motifs is 1. The van der Waals surface area contributed by atoms with Gasteiger partial charge in [-0.05, 0) is 43.7 Å². The molecule has 0 saturated carbocycles. The van der Waals surface area contributed by atoms with Crippen molar-refractivity contribution in [1.82, 2.24) is 14.7 Å². The molecule has 2 aromatic rings. The second-order valence-electron chi connectivity index (χ2n) is 8.65. The first-order valence-corrected chi connectivity index (χ1v) is 11.0. The van der Waals surface area contributed by atoms with E-state index in [4.69, 9.17) is 9.47 Å². The van der Waals surface area contributed by atoms with Crippen LogP contribution in [0.2, 0.25) is 0 Å². The number of hydrogen-bond acceptors (Lipinski definition) is 6. The van der Waals surface area contributed by atoms with E-state index in [2.05, 4.69) is 15.9 Å². The molecule has 0 aromatic heterocycles. The van der Waals surface area contributed by atoms with E-state index in [9.17, 15) is 9.59 Å². The van der Waals surface area contributed by atoms with Gasteiger partial charge in [-0.15, -0.1) is 0 Å². The second-order valence-corrected chi connectivity index (χ2v) is 8.65. The summed E-state index contributed by atoms with van der Waals surface area (Å²) < 4.78 is 10.9. The van der Waals surface area contributed by atoms with Crippen LogP contribution in [0.3, 0.4) is 0 Å². The van der Waals surface area contributed by atoms with Crippen LogP contribution in [-0.4, -0.2) is 72.3 Å². The molecule has 0 aliphatic carbocycles. The van der Waals surface area contributed by atoms with E-state index in [1.165, 1.54) is 10.5 Å². The first-order chi connectivity index (χ1) is 15.5. The summed E-state index contributed by atoms with van der Waals surface area (Å²) in [5.74, 6) is 1.46. The Morgan fingerprint density at radius 2 is 1.59 bits per heavy atom. The molecule has 0 spiro atoms. The summed E-state index contributed by atoms with van der Waals surface area (Å²) >= 11 is 0. The van der Waals surface area contributed by atoms with E-state index in [0.29, 0.717) is 6.67 Å². The molecule has 3 aliphatic rings. The van der Waals surface area contributed by atoms with Crippen molar-refractivity contribution in [2.75, 3.05) is 44.5 Å². The average Bonchev–Trinajstić information content (AvgIpc) is 3.34. The lowest BCUT2D eigenvalue weighted by Gasteiger charge is -2.36. The Kier molecular flexibility index (Phi) is 5.48. The van der Waals surface area contributed by atoms with Crippen LogP contribution in [0.4, 0.5) is 10.5 Å². The molecule has 168 valence electrons. The molecule has 3 amide bonds. The molecule has 0 unspecified atom stereocenters. The molecule has 3 aliphatic heterocycles. The minimum atomic E-state index is -0.488. The van der Waals surface area contributed by atoms with Crippen molar-refractivity contribution < 1.29 is 19.1 Å². The van der Waals surface area contributed by atoms with Crippen molar-refractivity contribution >= 4 is 17.6 Å². The highest BCUT2D eigenvalue weighted by Crippen LogP contribution is 2.33. The number of carbonyl (C=O) groups is 2. The third-order valence-electron chi connectivity index (χ3n) is 6.41. The van der Waals surface area contributed by atoms with E-state index in [1.807, 2.05) is 43.3 Å². The topological polar surface area (TPSA) is 65.6 Å².